The van der Waals surface area contributed by atoms with Crippen LogP contribution in [0.2, 0.25) is 0 Å². The number of hydrazine groups is 1. The van der Waals surface area contributed by atoms with Crippen molar-refractivity contribution < 1.29 is 15.0 Å². The fourth-order valence-corrected chi connectivity index (χ4v) is 0.948. The Kier molecular flexibility index (Phi) is 2.21. The second-order valence-corrected chi connectivity index (χ2v) is 2.06. The topological polar surface area (TPSA) is 64.0 Å². The molecule has 2 N–H and O–H groups in total. The van der Waals surface area contributed by atoms with Crippen molar-refractivity contribution in [1.82, 2.24) is 10.0 Å². The van der Waals surface area contributed by atoms with Gasteiger partial charge in [-0.15, -0.1) is 0 Å². The smallest absolute Gasteiger partial charge is 0.240 e. The van der Waals surface area contributed by atoms with E-state index in [2.05, 4.69) is 0 Å². The monoisotopic (exact) mass is 146 g/mol. The van der Waals surface area contributed by atoms with Crippen LogP contribution in [0.1, 0.15) is 6.42 Å². The van der Waals surface area contributed by atoms with Crippen molar-refractivity contribution in [3.8, 4) is 0 Å². The number of aliphatic hydroxyl groups excluding tert-OH is 2. The highest BCUT2D eigenvalue weighted by Crippen LogP contribution is 2.08. The van der Waals surface area contributed by atoms with Gasteiger partial charge >= 0.3 is 0 Å². The third-order valence-electron chi connectivity index (χ3n) is 1.51. The van der Waals surface area contributed by atoms with E-state index < -0.39 is 0 Å². The fourth-order valence-electron chi connectivity index (χ4n) is 0.948. The molecule has 0 atom stereocenters. The molecule has 58 valence electrons. The fraction of sp³-hybridized carbons (Fsp3) is 0.800. The van der Waals surface area contributed by atoms with Crippen LogP contribution in [-0.4, -0.2) is 46.1 Å². The molecule has 0 aromatic rings. The first kappa shape index (κ1) is 7.46. The zero-order chi connectivity index (χ0) is 7.56. The lowest BCUT2D eigenvalue weighted by Crippen LogP contribution is -2.40. The average Bonchev–Trinajstić information content (AvgIpc) is 2.30. The van der Waals surface area contributed by atoms with E-state index in [1.165, 1.54) is 5.01 Å². The van der Waals surface area contributed by atoms with Crippen molar-refractivity contribution >= 4 is 5.91 Å². The predicted octanol–water partition coefficient (Wildman–Crippen LogP) is -1.66. The van der Waals surface area contributed by atoms with Crippen molar-refractivity contribution in [2.75, 3.05) is 20.0 Å². The minimum Gasteiger partial charge on any atom is -0.379 e. The highest BCUT2D eigenvalue weighted by Gasteiger charge is 2.26. The summed E-state index contributed by atoms with van der Waals surface area (Å²) in [5.74, 6) is -0.142. The molecule has 0 spiro atoms. The first-order valence-electron chi connectivity index (χ1n) is 3.06. The molecule has 1 heterocycles. The van der Waals surface area contributed by atoms with Crippen LogP contribution in [0, 0.1) is 0 Å². The van der Waals surface area contributed by atoms with Crippen molar-refractivity contribution in [2.24, 2.45) is 0 Å². The van der Waals surface area contributed by atoms with Gasteiger partial charge in [0.05, 0.1) is 0 Å². The van der Waals surface area contributed by atoms with Crippen LogP contribution in [0.25, 0.3) is 0 Å². The third-order valence-corrected chi connectivity index (χ3v) is 1.51. The second kappa shape index (κ2) is 2.96. The number of rotatable bonds is 2. The standard InChI is InChI=1S/C5H10N2O3/c8-3-6-2-1-5(10)7(6)4-9/h8-9H,1-4H2. The van der Waals surface area contributed by atoms with Gasteiger partial charge in [0, 0.05) is 13.0 Å². The molecule has 0 aromatic heterocycles. The summed E-state index contributed by atoms with van der Waals surface area (Å²) in [5, 5.41) is 19.7. The van der Waals surface area contributed by atoms with Gasteiger partial charge in [-0.1, -0.05) is 0 Å². The molecule has 0 radical (unpaired) electrons. The summed E-state index contributed by atoms with van der Waals surface area (Å²) in [7, 11) is 0. The van der Waals surface area contributed by atoms with Crippen LogP contribution >= 0.6 is 0 Å². The lowest BCUT2D eigenvalue weighted by atomic mass is 10.4. The number of carbonyl (C=O) groups excluding carboxylic acids is 1. The van der Waals surface area contributed by atoms with Gasteiger partial charge in [0.15, 0.2) is 0 Å². The van der Waals surface area contributed by atoms with Crippen LogP contribution in [0.3, 0.4) is 0 Å². The molecule has 1 aliphatic rings. The molecular weight excluding hydrogens is 136 g/mol. The summed E-state index contributed by atoms with van der Waals surface area (Å²) in [4.78, 5) is 10.8. The minimum absolute atomic E-state index is 0.142. The molecule has 1 aliphatic heterocycles. The van der Waals surface area contributed by atoms with Crippen LogP contribution in [0.5, 0.6) is 0 Å². The Morgan fingerprint density at radius 2 is 2.10 bits per heavy atom. The number of aliphatic hydroxyl groups is 2. The Labute approximate surface area is 58.4 Å². The maximum Gasteiger partial charge on any atom is 0.240 e. The molecule has 5 heteroatoms. The minimum atomic E-state index is -0.348. The van der Waals surface area contributed by atoms with Gasteiger partial charge in [-0.2, -0.15) is 5.01 Å². The molecule has 5 nitrogen and oxygen atoms in total. The first-order chi connectivity index (χ1) is 4.79. The summed E-state index contributed by atoms with van der Waals surface area (Å²) >= 11 is 0. The molecule has 1 fully saturated rings. The molecule has 0 unspecified atom stereocenters. The zero-order valence-electron chi connectivity index (χ0n) is 5.53. The van der Waals surface area contributed by atoms with Crippen LogP contribution in [0.15, 0.2) is 0 Å². The van der Waals surface area contributed by atoms with E-state index in [1.807, 2.05) is 0 Å². The highest BCUT2D eigenvalue weighted by atomic mass is 16.3. The van der Waals surface area contributed by atoms with Crippen molar-refractivity contribution in [1.29, 1.82) is 0 Å². The quantitative estimate of drug-likeness (QED) is 0.489. The SMILES string of the molecule is O=C1CCN(CO)N1CO. The maximum atomic E-state index is 10.8. The van der Waals surface area contributed by atoms with E-state index >= 15 is 0 Å². The number of hydrogen-bond acceptors (Lipinski definition) is 4. The molecule has 0 aliphatic carbocycles. The summed E-state index contributed by atoms with van der Waals surface area (Å²) < 4.78 is 0. The largest absolute Gasteiger partial charge is 0.379 e. The van der Waals surface area contributed by atoms with Gasteiger partial charge in [0.1, 0.15) is 13.5 Å². The second-order valence-electron chi connectivity index (χ2n) is 2.06. The molecule has 1 amide bonds. The first-order valence-corrected chi connectivity index (χ1v) is 3.06. The van der Waals surface area contributed by atoms with Crippen LogP contribution < -0.4 is 0 Å². The maximum absolute atomic E-state index is 10.8. The summed E-state index contributed by atoms with van der Waals surface area (Å²) in [6.45, 7) is -0.0679. The molecule has 0 bridgehead atoms. The zero-order valence-corrected chi connectivity index (χ0v) is 5.53. The predicted molar refractivity (Wildman–Crippen MR) is 32.3 cm³/mol. The van der Waals surface area contributed by atoms with Gasteiger partial charge < -0.3 is 10.2 Å². The van der Waals surface area contributed by atoms with E-state index in [9.17, 15) is 4.79 Å². The van der Waals surface area contributed by atoms with Crippen LogP contribution in [-0.2, 0) is 4.79 Å². The van der Waals surface area contributed by atoms with Gasteiger partial charge in [0.2, 0.25) is 5.91 Å². The Bertz CT molecular complexity index is 139. The average molecular weight is 146 g/mol. The van der Waals surface area contributed by atoms with E-state index in [4.69, 9.17) is 10.2 Å². The van der Waals surface area contributed by atoms with E-state index in [1.54, 1.807) is 0 Å². The number of amides is 1. The summed E-state index contributed by atoms with van der Waals surface area (Å²) in [6, 6.07) is 0. The van der Waals surface area contributed by atoms with Crippen molar-refractivity contribution in [3.05, 3.63) is 0 Å². The molecule has 1 rings (SSSR count). The lowest BCUT2D eigenvalue weighted by molar-refractivity contribution is -0.152. The van der Waals surface area contributed by atoms with Gasteiger partial charge in [-0.05, 0) is 0 Å². The van der Waals surface area contributed by atoms with Gasteiger partial charge in [-0.3, -0.25) is 4.79 Å². The van der Waals surface area contributed by atoms with E-state index in [0.29, 0.717) is 13.0 Å². The van der Waals surface area contributed by atoms with Crippen molar-refractivity contribution in [2.45, 2.75) is 6.42 Å². The lowest BCUT2D eigenvalue weighted by Gasteiger charge is -2.22. The Morgan fingerprint density at radius 3 is 2.50 bits per heavy atom. The Morgan fingerprint density at radius 1 is 1.40 bits per heavy atom. The number of nitrogens with zero attached hydrogens (tertiary/aromatic N) is 2. The van der Waals surface area contributed by atoms with E-state index in [0.717, 1.165) is 5.01 Å². The number of hydrogen-bond donors (Lipinski definition) is 2. The normalized spacial score (nSPS) is 20.6. The molecule has 1 saturated heterocycles. The number of carbonyl (C=O) groups is 1. The molecule has 10 heavy (non-hydrogen) atoms. The van der Waals surface area contributed by atoms with Gasteiger partial charge in [-0.25, -0.2) is 5.01 Å². The van der Waals surface area contributed by atoms with Crippen LogP contribution in [0.4, 0.5) is 0 Å². The Hall–Kier alpha value is -0.650. The third kappa shape index (κ3) is 1.11. The molecular formula is C5H10N2O3. The van der Waals surface area contributed by atoms with Crippen molar-refractivity contribution in [3.63, 3.8) is 0 Å². The molecule has 0 saturated carbocycles. The Balaban J connectivity index is 2.54. The van der Waals surface area contributed by atoms with E-state index in [-0.39, 0.29) is 19.4 Å². The van der Waals surface area contributed by atoms with Gasteiger partial charge in [0.25, 0.3) is 0 Å². The summed E-state index contributed by atoms with van der Waals surface area (Å²) in [5.41, 5.74) is 0. The highest BCUT2D eigenvalue weighted by molar-refractivity contribution is 5.77. The molecule has 0 aromatic carbocycles. The summed E-state index contributed by atoms with van der Waals surface area (Å²) in [6.07, 6.45) is 0.376.